The molecule has 0 amide bonds. The number of hydrogen-bond donors (Lipinski definition) is 1. The van der Waals surface area contributed by atoms with Crippen molar-refractivity contribution in [3.05, 3.63) is 64.4 Å². The molecule has 116 valence electrons. The minimum absolute atomic E-state index is 0.192. The van der Waals surface area contributed by atoms with Gasteiger partial charge in [0.2, 0.25) is 0 Å². The lowest BCUT2D eigenvalue weighted by Gasteiger charge is -2.30. The molecule has 22 heavy (non-hydrogen) atoms. The van der Waals surface area contributed by atoms with E-state index in [0.717, 1.165) is 43.3 Å². The molecular weight excluding hydrogens is 294 g/mol. The summed E-state index contributed by atoms with van der Waals surface area (Å²) in [5.41, 5.74) is 3.55. The van der Waals surface area contributed by atoms with E-state index >= 15 is 0 Å². The van der Waals surface area contributed by atoms with Crippen molar-refractivity contribution in [1.29, 1.82) is 0 Å². The molecule has 0 spiro atoms. The Labute approximate surface area is 137 Å². The first-order valence-corrected chi connectivity index (χ1v) is 8.24. The summed E-state index contributed by atoms with van der Waals surface area (Å²) in [6.45, 7) is 6.30. The molecule has 0 radical (unpaired) electrons. The van der Waals surface area contributed by atoms with Crippen LogP contribution >= 0.6 is 11.6 Å². The number of benzene rings is 1. The highest BCUT2D eigenvalue weighted by Crippen LogP contribution is 2.28. The summed E-state index contributed by atoms with van der Waals surface area (Å²) in [6, 6.07) is 12.6. The van der Waals surface area contributed by atoms with Gasteiger partial charge in [0.05, 0.1) is 11.7 Å². The van der Waals surface area contributed by atoms with Gasteiger partial charge in [0.25, 0.3) is 0 Å². The van der Waals surface area contributed by atoms with Crippen molar-refractivity contribution < 1.29 is 0 Å². The van der Waals surface area contributed by atoms with Crippen molar-refractivity contribution in [3.63, 3.8) is 0 Å². The topological polar surface area (TPSA) is 28.2 Å². The van der Waals surface area contributed by atoms with Gasteiger partial charge in [-0.3, -0.25) is 9.88 Å². The van der Waals surface area contributed by atoms with E-state index in [0.29, 0.717) is 0 Å². The Morgan fingerprint density at radius 2 is 1.91 bits per heavy atom. The molecule has 4 heteroatoms. The van der Waals surface area contributed by atoms with Crippen LogP contribution < -0.4 is 5.32 Å². The third-order valence-corrected chi connectivity index (χ3v) is 4.39. The number of pyridine rings is 1. The standard InChI is InChI=1S/C18H22ClN3/c1-14-3-8-17(21-13-14)18(15-4-6-16(19)7-5-15)22-11-2-9-20-10-12-22/h3-8,13,18,20H,2,9-12H2,1H3. The number of nitrogens with one attached hydrogen (secondary N) is 1. The van der Waals surface area contributed by atoms with Crippen molar-refractivity contribution in [2.24, 2.45) is 0 Å². The van der Waals surface area contributed by atoms with Crippen molar-refractivity contribution >= 4 is 11.6 Å². The number of hydrogen-bond acceptors (Lipinski definition) is 3. The maximum Gasteiger partial charge on any atom is 0.0776 e. The van der Waals surface area contributed by atoms with Crippen LogP contribution in [0, 0.1) is 6.92 Å². The molecule has 1 N–H and O–H groups in total. The van der Waals surface area contributed by atoms with Gasteiger partial charge in [-0.05, 0) is 49.2 Å². The highest BCUT2D eigenvalue weighted by atomic mass is 35.5. The molecule has 0 bridgehead atoms. The molecule has 0 aliphatic carbocycles. The average molecular weight is 316 g/mol. The van der Waals surface area contributed by atoms with Crippen LogP contribution in [0.4, 0.5) is 0 Å². The lowest BCUT2D eigenvalue weighted by Crippen LogP contribution is -2.33. The third-order valence-electron chi connectivity index (χ3n) is 4.14. The van der Waals surface area contributed by atoms with E-state index in [9.17, 15) is 0 Å². The minimum Gasteiger partial charge on any atom is -0.315 e. The minimum atomic E-state index is 0.192. The van der Waals surface area contributed by atoms with Crippen LogP contribution in [-0.4, -0.2) is 36.1 Å². The molecule has 1 aliphatic rings. The highest BCUT2D eigenvalue weighted by Gasteiger charge is 2.24. The quantitative estimate of drug-likeness (QED) is 0.940. The second-order valence-corrected chi connectivity index (χ2v) is 6.29. The molecule has 1 atom stereocenters. The van der Waals surface area contributed by atoms with E-state index in [1.807, 2.05) is 18.3 Å². The van der Waals surface area contributed by atoms with Crippen molar-refractivity contribution in [1.82, 2.24) is 15.2 Å². The summed E-state index contributed by atoms with van der Waals surface area (Å²) in [7, 11) is 0. The molecule has 0 saturated carbocycles. The number of aryl methyl sites for hydroxylation is 1. The summed E-state index contributed by atoms with van der Waals surface area (Å²) in [4.78, 5) is 7.20. The Balaban J connectivity index is 1.96. The summed E-state index contributed by atoms with van der Waals surface area (Å²) < 4.78 is 0. The van der Waals surface area contributed by atoms with Gasteiger partial charge >= 0.3 is 0 Å². The normalized spacial score (nSPS) is 17.9. The SMILES string of the molecule is Cc1ccc(C(c2ccc(Cl)cc2)N2CCCNCC2)nc1. The van der Waals surface area contributed by atoms with Crippen LogP contribution in [0.1, 0.15) is 29.3 Å². The Morgan fingerprint density at radius 1 is 1.09 bits per heavy atom. The summed E-state index contributed by atoms with van der Waals surface area (Å²) in [5.74, 6) is 0. The smallest absolute Gasteiger partial charge is 0.0776 e. The van der Waals surface area contributed by atoms with Crippen molar-refractivity contribution in [2.45, 2.75) is 19.4 Å². The fourth-order valence-corrected chi connectivity index (χ4v) is 3.11. The van der Waals surface area contributed by atoms with Gasteiger partial charge < -0.3 is 5.32 Å². The molecule has 1 aromatic carbocycles. The fourth-order valence-electron chi connectivity index (χ4n) is 2.98. The van der Waals surface area contributed by atoms with E-state index in [1.165, 1.54) is 11.1 Å². The number of aromatic nitrogens is 1. The first-order chi connectivity index (χ1) is 10.7. The van der Waals surface area contributed by atoms with E-state index < -0.39 is 0 Å². The largest absolute Gasteiger partial charge is 0.315 e. The van der Waals surface area contributed by atoms with Gasteiger partial charge in [-0.2, -0.15) is 0 Å². The number of halogens is 1. The van der Waals surface area contributed by atoms with Gasteiger partial charge in [-0.15, -0.1) is 0 Å². The second-order valence-electron chi connectivity index (χ2n) is 5.85. The summed E-state index contributed by atoms with van der Waals surface area (Å²) >= 11 is 6.06. The molecule has 1 fully saturated rings. The Kier molecular flexibility index (Phi) is 5.08. The maximum absolute atomic E-state index is 6.06. The molecule has 1 aromatic heterocycles. The van der Waals surface area contributed by atoms with E-state index in [1.54, 1.807) is 0 Å². The molecule has 2 aromatic rings. The highest BCUT2D eigenvalue weighted by molar-refractivity contribution is 6.30. The molecule has 1 unspecified atom stereocenters. The molecule has 3 rings (SSSR count). The predicted molar refractivity (Wildman–Crippen MR) is 91.3 cm³/mol. The maximum atomic E-state index is 6.06. The lowest BCUT2D eigenvalue weighted by molar-refractivity contribution is 0.237. The third kappa shape index (κ3) is 3.67. The zero-order chi connectivity index (χ0) is 15.4. The Bertz CT molecular complexity index is 541. The van der Waals surface area contributed by atoms with E-state index in [-0.39, 0.29) is 6.04 Å². The molecule has 2 heterocycles. The average Bonchev–Trinajstić information content (AvgIpc) is 2.81. The first-order valence-electron chi connectivity index (χ1n) is 7.87. The van der Waals surface area contributed by atoms with Crippen LogP contribution in [0.3, 0.4) is 0 Å². The van der Waals surface area contributed by atoms with Crippen LogP contribution in [0.15, 0.2) is 42.6 Å². The van der Waals surface area contributed by atoms with Crippen LogP contribution in [0.25, 0.3) is 0 Å². The van der Waals surface area contributed by atoms with Gasteiger partial charge in [-0.1, -0.05) is 29.8 Å². The molecular formula is C18H22ClN3. The molecule has 3 nitrogen and oxygen atoms in total. The van der Waals surface area contributed by atoms with E-state index in [2.05, 4.69) is 46.4 Å². The zero-order valence-corrected chi connectivity index (χ0v) is 13.7. The monoisotopic (exact) mass is 315 g/mol. The van der Waals surface area contributed by atoms with Gasteiger partial charge in [0, 0.05) is 30.9 Å². The molecule has 1 saturated heterocycles. The van der Waals surface area contributed by atoms with Crippen molar-refractivity contribution in [3.8, 4) is 0 Å². The van der Waals surface area contributed by atoms with Crippen LogP contribution in [0.5, 0.6) is 0 Å². The number of nitrogens with zero attached hydrogens (tertiary/aromatic N) is 2. The van der Waals surface area contributed by atoms with Crippen LogP contribution in [-0.2, 0) is 0 Å². The van der Waals surface area contributed by atoms with Gasteiger partial charge in [-0.25, -0.2) is 0 Å². The lowest BCUT2D eigenvalue weighted by atomic mass is 10.0. The number of rotatable bonds is 3. The predicted octanol–water partition coefficient (Wildman–Crippen LogP) is 3.43. The van der Waals surface area contributed by atoms with Gasteiger partial charge in [0.1, 0.15) is 0 Å². The Hall–Kier alpha value is -1.42. The summed E-state index contributed by atoms with van der Waals surface area (Å²) in [6.07, 6.45) is 3.12. The van der Waals surface area contributed by atoms with Crippen LogP contribution in [0.2, 0.25) is 5.02 Å². The van der Waals surface area contributed by atoms with Gasteiger partial charge in [0.15, 0.2) is 0 Å². The first kappa shape index (κ1) is 15.5. The zero-order valence-electron chi connectivity index (χ0n) is 12.9. The summed E-state index contributed by atoms with van der Waals surface area (Å²) in [5, 5.41) is 4.24. The van der Waals surface area contributed by atoms with E-state index in [4.69, 9.17) is 11.6 Å². The van der Waals surface area contributed by atoms with Crippen molar-refractivity contribution in [2.75, 3.05) is 26.2 Å². The Morgan fingerprint density at radius 3 is 2.64 bits per heavy atom. The molecule has 1 aliphatic heterocycles. The fraction of sp³-hybridized carbons (Fsp3) is 0.389. The second kappa shape index (κ2) is 7.23.